The van der Waals surface area contributed by atoms with Crippen LogP contribution in [0.2, 0.25) is 0 Å². The maximum Gasteiger partial charge on any atom is 0.274 e. The van der Waals surface area contributed by atoms with E-state index < -0.39 is 17.5 Å². The lowest BCUT2D eigenvalue weighted by atomic mass is 9.95. The fourth-order valence-electron chi connectivity index (χ4n) is 4.24. The summed E-state index contributed by atoms with van der Waals surface area (Å²) in [4.78, 5) is 29.0. The normalized spacial score (nSPS) is 21.1. The first kappa shape index (κ1) is 19.2. The van der Waals surface area contributed by atoms with Gasteiger partial charge in [0.1, 0.15) is 0 Å². The first-order valence-electron chi connectivity index (χ1n) is 9.50. The van der Waals surface area contributed by atoms with E-state index in [4.69, 9.17) is 0 Å². The Morgan fingerprint density at radius 3 is 2.86 bits per heavy atom. The van der Waals surface area contributed by atoms with Crippen LogP contribution in [-0.2, 0) is 16.1 Å². The van der Waals surface area contributed by atoms with Gasteiger partial charge in [0.25, 0.3) is 11.8 Å². The van der Waals surface area contributed by atoms with Crippen LogP contribution in [0.3, 0.4) is 0 Å². The molecule has 0 aliphatic carbocycles. The summed E-state index contributed by atoms with van der Waals surface area (Å²) in [6, 6.07) is 3.74. The number of aliphatic hydroxyl groups is 1. The molecule has 1 unspecified atom stereocenters. The summed E-state index contributed by atoms with van der Waals surface area (Å²) in [5, 5.41) is 13.2. The van der Waals surface area contributed by atoms with Crippen molar-refractivity contribution in [2.24, 2.45) is 0 Å². The summed E-state index contributed by atoms with van der Waals surface area (Å²) < 4.78 is 27.2. The molecule has 0 spiro atoms. The highest BCUT2D eigenvalue weighted by molar-refractivity contribution is 6.03. The number of hydrogen-bond donors (Lipinski definition) is 2. The molecule has 3 aliphatic rings. The molecule has 0 saturated carbocycles. The maximum atomic E-state index is 13.9. The fraction of sp³-hybridized carbons (Fsp3) is 0.333. The molecule has 4 rings (SSSR count). The largest absolute Gasteiger partial charge is 0.505 e. The Labute approximate surface area is 166 Å². The molecule has 2 saturated heterocycles. The number of rotatable bonds is 4. The van der Waals surface area contributed by atoms with Crippen LogP contribution < -0.4 is 5.32 Å². The molecule has 1 aromatic carbocycles. The summed E-state index contributed by atoms with van der Waals surface area (Å²) in [6.45, 7) is 6.53. The van der Waals surface area contributed by atoms with Gasteiger partial charge in [-0.25, -0.2) is 8.78 Å². The van der Waals surface area contributed by atoms with Gasteiger partial charge in [-0.15, -0.1) is 0 Å². The summed E-state index contributed by atoms with van der Waals surface area (Å²) in [5.74, 6) is -3.16. The van der Waals surface area contributed by atoms with Crippen LogP contribution in [-0.4, -0.2) is 45.9 Å². The molecule has 3 heterocycles. The number of carbonyl (C=O) groups is 2. The zero-order chi connectivity index (χ0) is 20.9. The number of allylic oxidation sites excluding steroid dienone is 2. The van der Waals surface area contributed by atoms with Crippen LogP contribution in [0.25, 0.3) is 0 Å². The van der Waals surface area contributed by atoms with E-state index in [1.165, 1.54) is 12.1 Å². The van der Waals surface area contributed by atoms with E-state index in [0.717, 1.165) is 12.5 Å². The predicted molar refractivity (Wildman–Crippen MR) is 101 cm³/mol. The fourth-order valence-corrected chi connectivity index (χ4v) is 4.24. The Kier molecular flexibility index (Phi) is 4.64. The zero-order valence-electron chi connectivity index (χ0n) is 16.0. The van der Waals surface area contributed by atoms with Crippen molar-refractivity contribution in [1.82, 2.24) is 15.1 Å². The van der Waals surface area contributed by atoms with E-state index in [9.17, 15) is 23.5 Å². The van der Waals surface area contributed by atoms with Crippen molar-refractivity contribution in [1.29, 1.82) is 0 Å². The average molecular weight is 401 g/mol. The molecule has 0 aromatic heterocycles. The van der Waals surface area contributed by atoms with Gasteiger partial charge in [-0.1, -0.05) is 18.7 Å². The SMILES string of the molecule is C=C1C(O)=C2C(=O)N(CC)CC3CCC(=C1C(=O)NCc1cccc(F)c1F)N23. The highest BCUT2D eigenvalue weighted by Gasteiger charge is 2.47. The molecule has 6 nitrogen and oxygen atoms in total. The van der Waals surface area contributed by atoms with Gasteiger partial charge in [0.15, 0.2) is 23.1 Å². The molecular formula is C21H21F2N3O3. The predicted octanol–water partition coefficient (Wildman–Crippen LogP) is 2.50. The molecule has 1 atom stereocenters. The van der Waals surface area contributed by atoms with Gasteiger partial charge in [0, 0.05) is 36.5 Å². The van der Waals surface area contributed by atoms with Gasteiger partial charge < -0.3 is 20.2 Å². The third-order valence-electron chi connectivity index (χ3n) is 5.71. The van der Waals surface area contributed by atoms with E-state index >= 15 is 0 Å². The van der Waals surface area contributed by atoms with Gasteiger partial charge >= 0.3 is 0 Å². The third kappa shape index (κ3) is 2.90. The summed E-state index contributed by atoms with van der Waals surface area (Å²) >= 11 is 0. The topological polar surface area (TPSA) is 72.9 Å². The second-order valence-corrected chi connectivity index (χ2v) is 7.30. The Balaban J connectivity index is 1.64. The Bertz CT molecular complexity index is 999. The van der Waals surface area contributed by atoms with Gasteiger partial charge in [-0.05, 0) is 25.8 Å². The van der Waals surface area contributed by atoms with Gasteiger partial charge in [0.05, 0.1) is 11.6 Å². The monoisotopic (exact) mass is 401 g/mol. The van der Waals surface area contributed by atoms with E-state index in [1.807, 2.05) is 6.92 Å². The molecule has 2 fully saturated rings. The van der Waals surface area contributed by atoms with Crippen molar-refractivity contribution in [3.8, 4) is 0 Å². The van der Waals surface area contributed by atoms with Crippen LogP contribution >= 0.6 is 0 Å². The van der Waals surface area contributed by atoms with Crippen LogP contribution in [0.5, 0.6) is 0 Å². The lowest BCUT2D eigenvalue weighted by Crippen LogP contribution is -2.53. The zero-order valence-corrected chi connectivity index (χ0v) is 16.0. The number of aliphatic hydroxyl groups excluding tert-OH is 1. The van der Waals surface area contributed by atoms with Crippen molar-refractivity contribution in [3.05, 3.63) is 70.3 Å². The summed E-state index contributed by atoms with van der Waals surface area (Å²) in [6.07, 6.45) is 1.29. The quantitative estimate of drug-likeness (QED) is 0.813. The Morgan fingerprint density at radius 2 is 2.14 bits per heavy atom. The first-order valence-corrected chi connectivity index (χ1v) is 9.50. The highest BCUT2D eigenvalue weighted by atomic mass is 19.2. The summed E-state index contributed by atoms with van der Waals surface area (Å²) in [7, 11) is 0. The molecular weight excluding hydrogens is 380 g/mol. The minimum Gasteiger partial charge on any atom is -0.505 e. The van der Waals surface area contributed by atoms with E-state index in [-0.39, 0.29) is 46.7 Å². The van der Waals surface area contributed by atoms with Crippen LogP contribution in [0.1, 0.15) is 25.3 Å². The number of nitrogens with zero attached hydrogens (tertiary/aromatic N) is 2. The number of nitrogens with one attached hydrogen (secondary N) is 1. The molecule has 29 heavy (non-hydrogen) atoms. The molecule has 0 radical (unpaired) electrons. The van der Waals surface area contributed by atoms with Crippen LogP contribution in [0.4, 0.5) is 8.78 Å². The van der Waals surface area contributed by atoms with E-state index in [1.54, 1.807) is 9.80 Å². The lowest BCUT2D eigenvalue weighted by Gasteiger charge is -2.42. The average Bonchev–Trinajstić information content (AvgIpc) is 3.11. The third-order valence-corrected chi connectivity index (χ3v) is 5.71. The number of benzene rings is 1. The number of likely N-dealkylation sites (N-methyl/N-ethyl adjacent to an activating group) is 1. The molecule has 2 amide bonds. The summed E-state index contributed by atoms with van der Waals surface area (Å²) in [5.41, 5.74) is 1.06. The number of carbonyl (C=O) groups excluding carboxylic acids is 2. The minimum atomic E-state index is -1.01. The van der Waals surface area contributed by atoms with Crippen molar-refractivity contribution in [2.45, 2.75) is 32.4 Å². The second kappa shape index (κ2) is 7.02. The smallest absolute Gasteiger partial charge is 0.274 e. The maximum absolute atomic E-state index is 13.9. The van der Waals surface area contributed by atoms with E-state index in [2.05, 4.69) is 11.9 Å². The van der Waals surface area contributed by atoms with Crippen LogP contribution in [0, 0.1) is 11.6 Å². The number of piperazine rings is 1. The standard InChI is InChI=1S/C21H21F2N3O3/c1-3-25-10-13-7-8-15-16(11(2)19(27)18(21(25)29)26(13)15)20(28)24-9-12-5-4-6-14(22)17(12)23/h4-6,13,27H,2-3,7-10H2,1H3,(H,24,28). The second-order valence-electron chi connectivity index (χ2n) is 7.30. The Hall–Kier alpha value is -3.16. The lowest BCUT2D eigenvalue weighted by molar-refractivity contribution is -0.132. The first-order chi connectivity index (χ1) is 13.8. The van der Waals surface area contributed by atoms with Gasteiger partial charge in [-0.2, -0.15) is 0 Å². The molecule has 152 valence electrons. The molecule has 1 aromatic rings. The van der Waals surface area contributed by atoms with Crippen LogP contribution in [0.15, 0.2) is 53.1 Å². The van der Waals surface area contributed by atoms with Crippen molar-refractivity contribution in [3.63, 3.8) is 0 Å². The Morgan fingerprint density at radius 1 is 1.38 bits per heavy atom. The highest BCUT2D eigenvalue weighted by Crippen LogP contribution is 2.44. The molecule has 3 aliphatic heterocycles. The van der Waals surface area contributed by atoms with E-state index in [0.29, 0.717) is 25.2 Å². The van der Waals surface area contributed by atoms with Crippen molar-refractivity contribution >= 4 is 11.8 Å². The number of hydrogen-bond acceptors (Lipinski definition) is 4. The minimum absolute atomic E-state index is 0.0156. The number of amides is 2. The number of halogens is 2. The van der Waals surface area contributed by atoms with Crippen molar-refractivity contribution in [2.75, 3.05) is 13.1 Å². The molecule has 8 heteroatoms. The molecule has 2 N–H and O–H groups in total. The van der Waals surface area contributed by atoms with Gasteiger partial charge in [0.2, 0.25) is 0 Å². The van der Waals surface area contributed by atoms with Crippen molar-refractivity contribution < 1.29 is 23.5 Å². The molecule has 0 bridgehead atoms. The van der Waals surface area contributed by atoms with Gasteiger partial charge in [-0.3, -0.25) is 9.59 Å².